The fourth-order valence-electron chi connectivity index (χ4n) is 1.93. The summed E-state index contributed by atoms with van der Waals surface area (Å²) in [5.41, 5.74) is 0. The molecular weight excluding hydrogens is 206 g/mol. The molecule has 1 rings (SSSR count). The highest BCUT2D eigenvalue weighted by atomic mass is 32.2. The van der Waals surface area contributed by atoms with E-state index in [0.29, 0.717) is 11.3 Å². The van der Waals surface area contributed by atoms with Crippen LogP contribution in [0.4, 0.5) is 0 Å². The van der Waals surface area contributed by atoms with Gasteiger partial charge in [0.2, 0.25) is 0 Å². The van der Waals surface area contributed by atoms with Crippen molar-refractivity contribution in [3.8, 4) is 0 Å². The number of β-amino-alcohol motifs (C(OH)–C–C–N with tert-alkyl or cyclic N) is 1. The molecule has 0 aromatic carbocycles. The van der Waals surface area contributed by atoms with Crippen molar-refractivity contribution in [1.29, 1.82) is 0 Å². The second kappa shape index (κ2) is 6.56. The molecule has 1 saturated heterocycles. The Kier molecular flexibility index (Phi) is 5.72. The highest BCUT2D eigenvalue weighted by Gasteiger charge is 2.26. The van der Waals surface area contributed by atoms with Crippen LogP contribution in [-0.2, 0) is 0 Å². The van der Waals surface area contributed by atoms with Crippen LogP contribution in [0.15, 0.2) is 12.7 Å². The van der Waals surface area contributed by atoms with Gasteiger partial charge < -0.3 is 5.11 Å². The van der Waals surface area contributed by atoms with E-state index in [2.05, 4.69) is 25.3 Å². The molecule has 0 aromatic rings. The van der Waals surface area contributed by atoms with Crippen LogP contribution in [0, 0.1) is 0 Å². The van der Waals surface area contributed by atoms with Crippen molar-refractivity contribution in [2.75, 3.05) is 18.8 Å². The molecule has 0 radical (unpaired) electrons. The quantitative estimate of drug-likeness (QED) is 0.731. The third-order valence-electron chi connectivity index (χ3n) is 3.16. The van der Waals surface area contributed by atoms with E-state index in [1.165, 1.54) is 5.75 Å². The summed E-state index contributed by atoms with van der Waals surface area (Å²) in [6, 6.07) is 0.585. The first-order valence-electron chi connectivity index (χ1n) is 5.79. The Morgan fingerprint density at radius 1 is 1.60 bits per heavy atom. The van der Waals surface area contributed by atoms with Gasteiger partial charge in [0, 0.05) is 30.1 Å². The molecule has 0 bridgehead atoms. The van der Waals surface area contributed by atoms with Crippen LogP contribution < -0.4 is 0 Å². The molecule has 1 aliphatic rings. The van der Waals surface area contributed by atoms with Crippen molar-refractivity contribution in [1.82, 2.24) is 4.90 Å². The monoisotopic (exact) mass is 229 g/mol. The van der Waals surface area contributed by atoms with E-state index in [0.717, 1.165) is 25.9 Å². The third kappa shape index (κ3) is 4.17. The number of thioether (sulfide) groups is 1. The first kappa shape index (κ1) is 13.1. The summed E-state index contributed by atoms with van der Waals surface area (Å²) in [5.74, 6) is 1.19. The van der Waals surface area contributed by atoms with Crippen molar-refractivity contribution in [3.05, 3.63) is 12.7 Å². The van der Waals surface area contributed by atoms with Gasteiger partial charge in [-0.3, -0.25) is 4.90 Å². The van der Waals surface area contributed by atoms with Crippen LogP contribution in [0.1, 0.15) is 26.7 Å². The molecule has 3 unspecified atom stereocenters. The van der Waals surface area contributed by atoms with Crippen molar-refractivity contribution in [3.63, 3.8) is 0 Å². The summed E-state index contributed by atoms with van der Waals surface area (Å²) in [4.78, 5) is 2.41. The SMILES string of the molecule is C=CCCC(O)CN1CCSC(C)C1C. The molecule has 0 aromatic heterocycles. The zero-order chi connectivity index (χ0) is 11.3. The number of allylic oxidation sites excluding steroid dienone is 1. The molecule has 88 valence electrons. The molecule has 1 heterocycles. The second-order valence-corrected chi connectivity index (χ2v) is 5.82. The van der Waals surface area contributed by atoms with E-state index < -0.39 is 0 Å². The Morgan fingerprint density at radius 2 is 2.33 bits per heavy atom. The molecule has 3 heteroatoms. The maximum absolute atomic E-state index is 9.84. The summed E-state index contributed by atoms with van der Waals surface area (Å²) in [6.45, 7) is 10.1. The predicted molar refractivity (Wildman–Crippen MR) is 68.4 cm³/mol. The highest BCUT2D eigenvalue weighted by molar-refractivity contribution is 8.00. The van der Waals surface area contributed by atoms with Crippen molar-refractivity contribution in [2.24, 2.45) is 0 Å². The van der Waals surface area contributed by atoms with E-state index in [-0.39, 0.29) is 6.10 Å². The number of aliphatic hydroxyl groups is 1. The highest BCUT2D eigenvalue weighted by Crippen LogP contribution is 2.24. The molecule has 0 aliphatic carbocycles. The minimum absolute atomic E-state index is 0.194. The van der Waals surface area contributed by atoms with Gasteiger partial charge in [0.05, 0.1) is 6.10 Å². The van der Waals surface area contributed by atoms with Crippen LogP contribution in [0.2, 0.25) is 0 Å². The summed E-state index contributed by atoms with van der Waals surface area (Å²) in [5, 5.41) is 10.5. The van der Waals surface area contributed by atoms with Gasteiger partial charge in [0.1, 0.15) is 0 Å². The van der Waals surface area contributed by atoms with Gasteiger partial charge in [-0.05, 0) is 19.8 Å². The lowest BCUT2D eigenvalue weighted by Crippen LogP contribution is -2.47. The molecule has 0 spiro atoms. The summed E-state index contributed by atoms with van der Waals surface area (Å²) in [7, 11) is 0. The maximum atomic E-state index is 9.84. The van der Waals surface area contributed by atoms with Crippen molar-refractivity contribution >= 4 is 11.8 Å². The fraction of sp³-hybridized carbons (Fsp3) is 0.833. The Hall–Kier alpha value is 0.0100. The van der Waals surface area contributed by atoms with E-state index in [4.69, 9.17) is 0 Å². The topological polar surface area (TPSA) is 23.5 Å². The van der Waals surface area contributed by atoms with E-state index >= 15 is 0 Å². The smallest absolute Gasteiger partial charge is 0.0670 e. The zero-order valence-electron chi connectivity index (χ0n) is 9.85. The van der Waals surface area contributed by atoms with Crippen LogP contribution in [0.25, 0.3) is 0 Å². The summed E-state index contributed by atoms with van der Waals surface area (Å²) in [6.07, 6.45) is 3.43. The van der Waals surface area contributed by atoms with Crippen LogP contribution in [0.5, 0.6) is 0 Å². The Balaban J connectivity index is 2.32. The molecule has 2 nitrogen and oxygen atoms in total. The van der Waals surface area contributed by atoms with Crippen molar-refractivity contribution in [2.45, 2.75) is 44.1 Å². The minimum Gasteiger partial charge on any atom is -0.392 e. The lowest BCUT2D eigenvalue weighted by molar-refractivity contribution is 0.0876. The minimum atomic E-state index is -0.194. The third-order valence-corrected chi connectivity index (χ3v) is 4.50. The molecule has 3 atom stereocenters. The molecule has 1 N–H and O–H groups in total. The fourth-order valence-corrected chi connectivity index (χ4v) is 3.09. The van der Waals surface area contributed by atoms with Gasteiger partial charge in [-0.2, -0.15) is 11.8 Å². The molecule has 0 amide bonds. The van der Waals surface area contributed by atoms with Gasteiger partial charge in [-0.15, -0.1) is 6.58 Å². The lowest BCUT2D eigenvalue weighted by Gasteiger charge is -2.38. The van der Waals surface area contributed by atoms with E-state index in [9.17, 15) is 5.11 Å². The molecule has 0 saturated carbocycles. The zero-order valence-corrected chi connectivity index (χ0v) is 10.7. The number of hydrogen-bond acceptors (Lipinski definition) is 3. The molecule has 15 heavy (non-hydrogen) atoms. The Bertz CT molecular complexity index is 198. The second-order valence-electron chi connectivity index (χ2n) is 4.33. The summed E-state index contributed by atoms with van der Waals surface area (Å²) >= 11 is 2.04. The predicted octanol–water partition coefficient (Wildman–Crippen LogP) is 2.14. The molecule has 1 fully saturated rings. The van der Waals surface area contributed by atoms with Gasteiger partial charge >= 0.3 is 0 Å². The van der Waals surface area contributed by atoms with E-state index in [1.807, 2.05) is 17.8 Å². The number of aliphatic hydroxyl groups excluding tert-OH is 1. The number of rotatable bonds is 5. The van der Waals surface area contributed by atoms with Gasteiger partial charge in [0.25, 0.3) is 0 Å². The Morgan fingerprint density at radius 3 is 3.00 bits per heavy atom. The number of hydrogen-bond donors (Lipinski definition) is 1. The average Bonchev–Trinajstić information content (AvgIpc) is 2.22. The largest absolute Gasteiger partial charge is 0.392 e. The average molecular weight is 229 g/mol. The van der Waals surface area contributed by atoms with Crippen molar-refractivity contribution < 1.29 is 5.11 Å². The maximum Gasteiger partial charge on any atom is 0.0670 e. The van der Waals surface area contributed by atoms with Crippen LogP contribution in [-0.4, -0.2) is 46.2 Å². The van der Waals surface area contributed by atoms with Gasteiger partial charge in [-0.1, -0.05) is 13.0 Å². The lowest BCUT2D eigenvalue weighted by atomic mass is 10.1. The van der Waals surface area contributed by atoms with Crippen LogP contribution in [0.3, 0.4) is 0 Å². The normalized spacial score (nSPS) is 30.1. The Labute approximate surface area is 97.7 Å². The van der Waals surface area contributed by atoms with E-state index in [1.54, 1.807) is 0 Å². The molecular formula is C12H23NOS. The van der Waals surface area contributed by atoms with Gasteiger partial charge in [-0.25, -0.2) is 0 Å². The standard InChI is InChI=1S/C12H23NOS/c1-4-5-6-12(14)9-13-7-8-15-11(3)10(13)2/h4,10-12,14H,1,5-9H2,2-3H3. The molecule has 1 aliphatic heterocycles. The van der Waals surface area contributed by atoms with Gasteiger partial charge in [0.15, 0.2) is 0 Å². The number of nitrogens with zero attached hydrogens (tertiary/aromatic N) is 1. The first-order valence-corrected chi connectivity index (χ1v) is 6.84. The first-order chi connectivity index (χ1) is 7.15. The summed E-state index contributed by atoms with van der Waals surface area (Å²) < 4.78 is 0. The van der Waals surface area contributed by atoms with Crippen LogP contribution >= 0.6 is 11.8 Å².